The molecule has 3 aromatic rings. The maximum absolute atomic E-state index is 12.3. The number of amides is 1. The van der Waals surface area contributed by atoms with E-state index in [0.29, 0.717) is 33.0 Å². The van der Waals surface area contributed by atoms with E-state index in [4.69, 9.17) is 27.9 Å². The molecular formula is C18H14Cl2N4O2. The predicted molar refractivity (Wildman–Crippen MR) is 103 cm³/mol. The summed E-state index contributed by atoms with van der Waals surface area (Å²) in [4.78, 5) is 12.3. The molecule has 1 aromatic heterocycles. The highest BCUT2D eigenvalue weighted by atomic mass is 35.5. The van der Waals surface area contributed by atoms with Crippen LogP contribution in [0.4, 0.5) is 17.3 Å². The fourth-order valence-electron chi connectivity index (χ4n) is 2.20. The molecule has 8 heteroatoms. The van der Waals surface area contributed by atoms with Gasteiger partial charge in [-0.05, 0) is 42.5 Å². The van der Waals surface area contributed by atoms with Gasteiger partial charge in [0.1, 0.15) is 5.75 Å². The number of nitrogens with zero attached hydrogens (tertiary/aromatic N) is 2. The molecular weight excluding hydrogens is 375 g/mol. The molecule has 26 heavy (non-hydrogen) atoms. The Morgan fingerprint density at radius 2 is 1.69 bits per heavy atom. The molecule has 2 N–H and O–H groups in total. The van der Waals surface area contributed by atoms with Crippen LogP contribution in [0, 0.1) is 0 Å². The zero-order chi connectivity index (χ0) is 18.5. The molecule has 6 nitrogen and oxygen atoms in total. The Balaban J connectivity index is 1.69. The lowest BCUT2D eigenvalue weighted by molar-refractivity contribution is 0.102. The molecule has 132 valence electrons. The lowest BCUT2D eigenvalue weighted by Crippen LogP contribution is -2.14. The van der Waals surface area contributed by atoms with Crippen molar-refractivity contribution in [2.75, 3.05) is 17.7 Å². The first-order valence-electron chi connectivity index (χ1n) is 7.57. The molecule has 0 spiro atoms. The fourth-order valence-corrected chi connectivity index (χ4v) is 2.50. The zero-order valence-corrected chi connectivity index (χ0v) is 15.2. The van der Waals surface area contributed by atoms with E-state index in [9.17, 15) is 4.79 Å². The van der Waals surface area contributed by atoms with Crippen molar-refractivity contribution in [2.24, 2.45) is 0 Å². The number of hydrogen-bond donors (Lipinski definition) is 2. The van der Waals surface area contributed by atoms with Gasteiger partial charge in [-0.2, -0.15) is 0 Å². The highest BCUT2D eigenvalue weighted by molar-refractivity contribution is 6.42. The maximum Gasteiger partial charge on any atom is 0.260 e. The number of hydrogen-bond acceptors (Lipinski definition) is 5. The number of benzene rings is 2. The van der Waals surface area contributed by atoms with Crippen LogP contribution in [-0.2, 0) is 0 Å². The largest absolute Gasteiger partial charge is 0.496 e. The van der Waals surface area contributed by atoms with Gasteiger partial charge in [0.25, 0.3) is 5.91 Å². The van der Waals surface area contributed by atoms with Crippen LogP contribution in [0.2, 0.25) is 10.0 Å². The van der Waals surface area contributed by atoms with E-state index in [1.54, 1.807) is 54.6 Å². The van der Waals surface area contributed by atoms with E-state index in [-0.39, 0.29) is 5.91 Å². The quantitative estimate of drug-likeness (QED) is 0.656. The molecule has 0 saturated heterocycles. The minimum absolute atomic E-state index is 0.320. The van der Waals surface area contributed by atoms with E-state index in [1.807, 2.05) is 0 Å². The van der Waals surface area contributed by atoms with Gasteiger partial charge in [0.2, 0.25) is 0 Å². The van der Waals surface area contributed by atoms with Crippen molar-refractivity contribution in [1.29, 1.82) is 0 Å². The van der Waals surface area contributed by atoms with Crippen LogP contribution in [0.25, 0.3) is 0 Å². The average molecular weight is 389 g/mol. The summed E-state index contributed by atoms with van der Waals surface area (Å²) in [6, 6.07) is 15.4. The standard InChI is InChI=1S/C18H14Cl2N4O2/c1-26-15-5-3-2-4-12(15)18(25)22-17-9-8-16(23-24-17)21-11-6-7-13(19)14(20)10-11/h2-10H,1H3,(H,21,23)(H,22,24,25). The second-order valence-corrected chi connectivity index (χ2v) is 6.03. The lowest BCUT2D eigenvalue weighted by atomic mass is 10.2. The van der Waals surface area contributed by atoms with E-state index in [2.05, 4.69) is 20.8 Å². The van der Waals surface area contributed by atoms with Gasteiger partial charge >= 0.3 is 0 Å². The molecule has 2 aromatic carbocycles. The van der Waals surface area contributed by atoms with Crippen molar-refractivity contribution in [3.63, 3.8) is 0 Å². The molecule has 0 aliphatic heterocycles. The van der Waals surface area contributed by atoms with E-state index in [0.717, 1.165) is 5.69 Å². The number of para-hydroxylation sites is 1. The summed E-state index contributed by atoms with van der Waals surface area (Å²) in [5, 5.41) is 14.7. The summed E-state index contributed by atoms with van der Waals surface area (Å²) in [5.41, 5.74) is 1.13. The number of rotatable bonds is 5. The fraction of sp³-hybridized carbons (Fsp3) is 0.0556. The Kier molecular flexibility index (Phi) is 5.55. The highest BCUT2D eigenvalue weighted by Gasteiger charge is 2.12. The summed E-state index contributed by atoms with van der Waals surface area (Å²) in [5.74, 6) is 0.970. The van der Waals surface area contributed by atoms with Crippen molar-refractivity contribution in [3.05, 3.63) is 70.2 Å². The van der Waals surface area contributed by atoms with E-state index < -0.39 is 0 Å². The van der Waals surface area contributed by atoms with Crippen LogP contribution >= 0.6 is 23.2 Å². The number of halogens is 2. The molecule has 0 fully saturated rings. The average Bonchev–Trinajstić information content (AvgIpc) is 2.66. The monoisotopic (exact) mass is 388 g/mol. The molecule has 0 aliphatic carbocycles. The molecule has 0 atom stereocenters. The van der Waals surface area contributed by atoms with Crippen molar-refractivity contribution < 1.29 is 9.53 Å². The third kappa shape index (κ3) is 4.22. The SMILES string of the molecule is COc1ccccc1C(=O)Nc1ccc(Nc2ccc(Cl)c(Cl)c2)nn1. The molecule has 0 radical (unpaired) electrons. The molecule has 0 saturated carbocycles. The van der Waals surface area contributed by atoms with Crippen LogP contribution < -0.4 is 15.4 Å². The second kappa shape index (κ2) is 8.03. The first-order valence-corrected chi connectivity index (χ1v) is 8.32. The topological polar surface area (TPSA) is 76.1 Å². The van der Waals surface area contributed by atoms with Gasteiger partial charge < -0.3 is 15.4 Å². The molecule has 3 rings (SSSR count). The number of aromatic nitrogens is 2. The van der Waals surface area contributed by atoms with Crippen LogP contribution in [0.1, 0.15) is 10.4 Å². The van der Waals surface area contributed by atoms with Gasteiger partial charge in [0.05, 0.1) is 22.7 Å². The minimum atomic E-state index is -0.332. The minimum Gasteiger partial charge on any atom is -0.496 e. The smallest absolute Gasteiger partial charge is 0.260 e. The second-order valence-electron chi connectivity index (χ2n) is 5.21. The van der Waals surface area contributed by atoms with Gasteiger partial charge in [-0.25, -0.2) is 0 Å². The van der Waals surface area contributed by atoms with Gasteiger partial charge in [-0.3, -0.25) is 4.79 Å². The van der Waals surface area contributed by atoms with Crippen molar-refractivity contribution >= 4 is 46.4 Å². The van der Waals surface area contributed by atoms with Gasteiger partial charge in [0, 0.05) is 5.69 Å². The molecule has 0 bridgehead atoms. The molecule has 1 heterocycles. The Labute approximate surface area is 160 Å². The Morgan fingerprint density at radius 1 is 0.962 bits per heavy atom. The normalized spacial score (nSPS) is 10.3. The Morgan fingerprint density at radius 3 is 2.38 bits per heavy atom. The van der Waals surface area contributed by atoms with Crippen LogP contribution in [0.3, 0.4) is 0 Å². The number of nitrogens with one attached hydrogen (secondary N) is 2. The van der Waals surface area contributed by atoms with Crippen LogP contribution in [0.5, 0.6) is 5.75 Å². The number of carbonyl (C=O) groups is 1. The van der Waals surface area contributed by atoms with Crippen LogP contribution in [0.15, 0.2) is 54.6 Å². The third-order valence-corrected chi connectivity index (χ3v) is 4.19. The number of anilines is 3. The summed E-state index contributed by atoms with van der Waals surface area (Å²) in [7, 11) is 1.51. The van der Waals surface area contributed by atoms with E-state index in [1.165, 1.54) is 7.11 Å². The maximum atomic E-state index is 12.3. The van der Waals surface area contributed by atoms with Crippen molar-refractivity contribution in [2.45, 2.75) is 0 Å². The third-order valence-electron chi connectivity index (χ3n) is 3.45. The number of ether oxygens (including phenoxy) is 1. The first kappa shape index (κ1) is 18.0. The van der Waals surface area contributed by atoms with Gasteiger partial charge in [-0.1, -0.05) is 35.3 Å². The number of carbonyl (C=O) groups excluding carboxylic acids is 1. The first-order chi connectivity index (χ1) is 12.6. The zero-order valence-electron chi connectivity index (χ0n) is 13.7. The van der Waals surface area contributed by atoms with Crippen molar-refractivity contribution in [1.82, 2.24) is 10.2 Å². The summed E-state index contributed by atoms with van der Waals surface area (Å²) in [6.45, 7) is 0. The summed E-state index contributed by atoms with van der Waals surface area (Å²) >= 11 is 11.9. The Bertz CT molecular complexity index is 933. The Hall–Kier alpha value is -2.83. The molecule has 0 unspecified atom stereocenters. The van der Waals surface area contributed by atoms with Crippen LogP contribution in [-0.4, -0.2) is 23.2 Å². The predicted octanol–water partition coefficient (Wildman–Crippen LogP) is 4.79. The highest BCUT2D eigenvalue weighted by Crippen LogP contribution is 2.26. The molecule has 1 amide bonds. The summed E-state index contributed by atoms with van der Waals surface area (Å²) < 4.78 is 5.18. The number of methoxy groups -OCH3 is 1. The molecule has 0 aliphatic rings. The summed E-state index contributed by atoms with van der Waals surface area (Å²) in [6.07, 6.45) is 0. The van der Waals surface area contributed by atoms with Gasteiger partial charge in [-0.15, -0.1) is 10.2 Å². The van der Waals surface area contributed by atoms with Crippen molar-refractivity contribution in [3.8, 4) is 5.75 Å². The lowest BCUT2D eigenvalue weighted by Gasteiger charge is -2.09. The van der Waals surface area contributed by atoms with Gasteiger partial charge in [0.15, 0.2) is 11.6 Å². The van der Waals surface area contributed by atoms with E-state index >= 15 is 0 Å².